The molecule has 1 nitrogen and oxygen atoms in total. The fraction of sp³-hybridized carbons (Fsp3) is 0.833. The molecule has 0 aliphatic heterocycles. The molecule has 0 aliphatic carbocycles. The summed E-state index contributed by atoms with van der Waals surface area (Å²) in [6, 6.07) is 4.42. The first-order valence-electron chi connectivity index (χ1n) is 15.4. The van der Waals surface area contributed by atoms with E-state index < -0.39 is 0 Å². The van der Waals surface area contributed by atoms with Gasteiger partial charge in [0.05, 0.1) is 0 Å². The summed E-state index contributed by atoms with van der Waals surface area (Å²) in [6.07, 6.45) is 6.73. The molecule has 0 aliphatic rings. The zero-order valence-corrected chi connectivity index (χ0v) is 30.3. The molecule has 0 saturated heterocycles. The third-order valence-electron chi connectivity index (χ3n) is 7.93. The van der Waals surface area contributed by atoms with Gasteiger partial charge in [0.25, 0.3) is 0 Å². The fourth-order valence-electron chi connectivity index (χ4n) is 7.26. The predicted octanol–water partition coefficient (Wildman–Crippen LogP) is 12.4. The largest absolute Gasteiger partial charge is 0.507 e. The topological polar surface area (TPSA) is 20.2 Å². The molecule has 3 heteroatoms. The summed E-state index contributed by atoms with van der Waals surface area (Å²) in [7, 11) is 0. The van der Waals surface area contributed by atoms with Crippen molar-refractivity contribution in [3.05, 3.63) is 28.8 Å². The second-order valence-corrected chi connectivity index (χ2v) is 19.4. The lowest BCUT2D eigenvalue weighted by molar-refractivity contribution is 0.207. The number of hydrogen-bond donors (Lipinski definition) is 3. The van der Waals surface area contributed by atoms with Crippen LogP contribution in [0.25, 0.3) is 0 Å². The van der Waals surface area contributed by atoms with Gasteiger partial charge in [0.2, 0.25) is 0 Å². The smallest absolute Gasteiger partial charge is 0.123 e. The Bertz CT molecular complexity index is 908. The van der Waals surface area contributed by atoms with E-state index in [1.165, 1.54) is 24.8 Å². The van der Waals surface area contributed by atoms with Crippen LogP contribution in [0.3, 0.4) is 0 Å². The molecule has 228 valence electrons. The maximum absolute atomic E-state index is 11.5. The van der Waals surface area contributed by atoms with Crippen molar-refractivity contribution in [2.45, 2.75) is 158 Å². The molecular weight excluding hydrogens is 513 g/mol. The van der Waals surface area contributed by atoms with Crippen LogP contribution in [0.5, 0.6) is 5.75 Å². The second kappa shape index (κ2) is 13.4. The van der Waals surface area contributed by atoms with E-state index in [0.29, 0.717) is 28.4 Å². The standard InChI is InChI=1S/C36H66OS2/c1-24(18-32(3,4)5)20-35(12,13)22-29(38)26-16-27(31(37)28(17-26)34(9,10)11)30(39)23-36(14,15)21-25(2)19-33(6,7)8/h16-17,24-25,29-30,37-39H,18-23H2,1-15H3. The minimum absolute atomic E-state index is 0.0248. The Balaban J connectivity index is 3.27. The molecular formula is C36H66OS2. The summed E-state index contributed by atoms with van der Waals surface area (Å²) < 4.78 is 0. The molecule has 1 aromatic carbocycles. The third-order valence-corrected chi connectivity index (χ3v) is 8.87. The second-order valence-electron chi connectivity index (χ2n) is 18.2. The summed E-state index contributed by atoms with van der Waals surface area (Å²) in [5.41, 5.74) is 4.03. The molecule has 4 atom stereocenters. The van der Waals surface area contributed by atoms with Crippen LogP contribution in [0.4, 0.5) is 0 Å². The fourth-order valence-corrected chi connectivity index (χ4v) is 8.60. The van der Waals surface area contributed by atoms with Gasteiger partial charge in [-0.15, -0.1) is 0 Å². The Morgan fingerprint density at radius 3 is 1.33 bits per heavy atom. The van der Waals surface area contributed by atoms with Gasteiger partial charge in [-0.2, -0.15) is 25.3 Å². The number of phenolic OH excluding ortho intramolecular Hbond substituents is 1. The maximum Gasteiger partial charge on any atom is 0.123 e. The van der Waals surface area contributed by atoms with Gasteiger partial charge in [-0.1, -0.05) is 110 Å². The van der Waals surface area contributed by atoms with Gasteiger partial charge < -0.3 is 5.11 Å². The molecule has 1 aromatic rings. The number of hydrogen-bond acceptors (Lipinski definition) is 3. The number of benzene rings is 1. The highest BCUT2D eigenvalue weighted by Crippen LogP contribution is 2.48. The monoisotopic (exact) mass is 578 g/mol. The predicted molar refractivity (Wildman–Crippen MR) is 183 cm³/mol. The molecule has 0 amide bonds. The van der Waals surface area contributed by atoms with Crippen molar-refractivity contribution < 1.29 is 5.11 Å². The van der Waals surface area contributed by atoms with Crippen molar-refractivity contribution in [2.75, 3.05) is 0 Å². The Morgan fingerprint density at radius 1 is 0.590 bits per heavy atom. The molecule has 39 heavy (non-hydrogen) atoms. The minimum atomic E-state index is -0.163. The van der Waals surface area contributed by atoms with Crippen LogP contribution in [-0.4, -0.2) is 5.11 Å². The summed E-state index contributed by atoms with van der Waals surface area (Å²) in [5, 5.41) is 11.6. The molecule has 1 N–H and O–H groups in total. The molecule has 0 saturated carbocycles. The van der Waals surface area contributed by atoms with E-state index in [2.05, 4.69) is 116 Å². The molecule has 0 heterocycles. The first kappa shape index (κ1) is 36.7. The van der Waals surface area contributed by atoms with E-state index in [-0.39, 0.29) is 26.7 Å². The molecule has 0 aromatic heterocycles. The SMILES string of the molecule is CC(CC(C)(C)C)CC(C)(C)CC(S)c1cc(C(S)CC(C)(C)CC(C)CC(C)(C)C)c(O)c(C(C)(C)C)c1. The van der Waals surface area contributed by atoms with Crippen molar-refractivity contribution in [1.82, 2.24) is 0 Å². The van der Waals surface area contributed by atoms with Crippen molar-refractivity contribution in [2.24, 2.45) is 33.5 Å². The van der Waals surface area contributed by atoms with Crippen LogP contribution in [0.1, 0.15) is 170 Å². The van der Waals surface area contributed by atoms with Crippen molar-refractivity contribution in [1.29, 1.82) is 0 Å². The first-order chi connectivity index (χ1) is 17.2. The lowest BCUT2D eigenvalue weighted by Crippen LogP contribution is -2.22. The lowest BCUT2D eigenvalue weighted by atomic mass is 9.73. The van der Waals surface area contributed by atoms with Crippen molar-refractivity contribution >= 4 is 25.3 Å². The van der Waals surface area contributed by atoms with Gasteiger partial charge in [-0.3, -0.25) is 0 Å². The highest BCUT2D eigenvalue weighted by Gasteiger charge is 2.32. The average Bonchev–Trinajstić information content (AvgIpc) is 2.61. The molecule has 0 radical (unpaired) electrons. The summed E-state index contributed by atoms with van der Waals surface area (Å²) in [4.78, 5) is 0. The molecule has 1 rings (SSSR count). The number of rotatable bonds is 12. The van der Waals surface area contributed by atoms with Gasteiger partial charge >= 0.3 is 0 Å². The van der Waals surface area contributed by atoms with E-state index >= 15 is 0 Å². The van der Waals surface area contributed by atoms with Crippen LogP contribution in [0.2, 0.25) is 0 Å². The Morgan fingerprint density at radius 2 is 0.974 bits per heavy atom. The quantitative estimate of drug-likeness (QED) is 0.211. The summed E-state index contributed by atoms with van der Waals surface area (Å²) in [6.45, 7) is 34.9. The van der Waals surface area contributed by atoms with Crippen LogP contribution in [-0.2, 0) is 5.41 Å². The van der Waals surface area contributed by atoms with E-state index in [1.54, 1.807) is 0 Å². The van der Waals surface area contributed by atoms with Crippen molar-refractivity contribution in [3.8, 4) is 5.75 Å². The van der Waals surface area contributed by atoms with Gasteiger partial charge in [0.1, 0.15) is 5.75 Å². The van der Waals surface area contributed by atoms with Crippen LogP contribution in [0, 0.1) is 33.5 Å². The van der Waals surface area contributed by atoms with E-state index in [1.807, 2.05) is 0 Å². The average molecular weight is 579 g/mol. The van der Waals surface area contributed by atoms with Crippen LogP contribution in [0.15, 0.2) is 12.1 Å². The zero-order valence-electron chi connectivity index (χ0n) is 28.5. The Labute approximate surface area is 255 Å². The highest BCUT2D eigenvalue weighted by molar-refractivity contribution is 7.80. The molecule has 0 fully saturated rings. The molecule has 0 bridgehead atoms. The highest BCUT2D eigenvalue weighted by atomic mass is 32.1. The van der Waals surface area contributed by atoms with Crippen LogP contribution >= 0.6 is 25.3 Å². The zero-order chi connectivity index (χ0) is 30.8. The third kappa shape index (κ3) is 13.5. The van der Waals surface area contributed by atoms with Gasteiger partial charge in [-0.05, 0) is 94.6 Å². The Hall–Kier alpha value is -0.280. The molecule has 0 spiro atoms. The van der Waals surface area contributed by atoms with E-state index in [0.717, 1.165) is 30.4 Å². The summed E-state index contributed by atoms with van der Waals surface area (Å²) >= 11 is 10.3. The first-order valence-corrected chi connectivity index (χ1v) is 16.5. The minimum Gasteiger partial charge on any atom is -0.507 e. The van der Waals surface area contributed by atoms with E-state index in [4.69, 9.17) is 25.3 Å². The summed E-state index contributed by atoms with van der Waals surface area (Å²) in [5.74, 6) is 1.74. The van der Waals surface area contributed by atoms with E-state index in [9.17, 15) is 5.11 Å². The van der Waals surface area contributed by atoms with Gasteiger partial charge in [0, 0.05) is 16.1 Å². The van der Waals surface area contributed by atoms with Crippen molar-refractivity contribution in [3.63, 3.8) is 0 Å². The van der Waals surface area contributed by atoms with Gasteiger partial charge in [-0.25, -0.2) is 0 Å². The lowest BCUT2D eigenvalue weighted by Gasteiger charge is -2.35. The maximum atomic E-state index is 11.5. The molecule has 4 unspecified atom stereocenters. The van der Waals surface area contributed by atoms with Gasteiger partial charge in [0.15, 0.2) is 0 Å². The number of aromatic hydroxyl groups is 1. The number of phenols is 1. The normalized spacial score (nSPS) is 17.2. The number of thiol groups is 2. The Kier molecular flexibility index (Phi) is 12.6. The van der Waals surface area contributed by atoms with Crippen LogP contribution < -0.4 is 0 Å².